The van der Waals surface area contributed by atoms with Gasteiger partial charge >= 0.3 is 0 Å². The van der Waals surface area contributed by atoms with Crippen molar-refractivity contribution < 1.29 is 0 Å². The van der Waals surface area contributed by atoms with Crippen molar-refractivity contribution in [3.8, 4) is 0 Å². The lowest BCUT2D eigenvalue weighted by Crippen LogP contribution is -1.96. The topological polar surface area (TPSA) is 147 Å². The van der Waals surface area contributed by atoms with Crippen molar-refractivity contribution in [2.75, 3.05) is 0 Å². The van der Waals surface area contributed by atoms with Gasteiger partial charge in [0.2, 0.25) is 0 Å². The molecule has 0 spiro atoms. The number of benzene rings is 2. The lowest BCUT2D eigenvalue weighted by molar-refractivity contribution is 1.02. The molecule has 10 nitrogen and oxygen atoms in total. The molecule has 0 fully saturated rings. The lowest BCUT2D eigenvalue weighted by Gasteiger charge is -2.03. The lowest BCUT2D eigenvalue weighted by atomic mass is 10.0. The molecule has 0 aliphatic heterocycles. The third kappa shape index (κ3) is 4.64. The monoisotopic (exact) mass is 416 g/mol. The smallest absolute Gasteiger partial charge is 0.291 e. The molecule has 0 aliphatic rings. The van der Waals surface area contributed by atoms with Gasteiger partial charge in [0.05, 0.1) is 22.8 Å². The highest BCUT2D eigenvalue weighted by molar-refractivity contribution is 5.45. The maximum absolute atomic E-state index is 11.6. The van der Waals surface area contributed by atoms with Gasteiger partial charge in [-0.05, 0) is 55.7 Å². The molecule has 0 saturated heterocycles. The standard InChI is InChI=1S/C21H20N8O2/c1-12-18(20(30)28-22-12)26-24-16-7-3-14(4-8-16)11-15-5-9-17(10-6-15)25-27-19-13(2)23-29-21(19)31/h3-10H,11H2,1-2H3,(H2,22,28,30)(H2,23,29,31). The Morgan fingerprint density at radius 2 is 0.968 bits per heavy atom. The van der Waals surface area contributed by atoms with Crippen LogP contribution >= 0.6 is 0 Å². The average molecular weight is 416 g/mol. The summed E-state index contributed by atoms with van der Waals surface area (Å²) in [6.45, 7) is 3.51. The Morgan fingerprint density at radius 3 is 1.29 bits per heavy atom. The molecule has 0 atom stereocenters. The van der Waals surface area contributed by atoms with Gasteiger partial charge in [-0.3, -0.25) is 19.8 Å². The Morgan fingerprint density at radius 1 is 0.581 bits per heavy atom. The summed E-state index contributed by atoms with van der Waals surface area (Å²) in [5, 5.41) is 26.6. The highest BCUT2D eigenvalue weighted by Gasteiger charge is 2.05. The van der Waals surface area contributed by atoms with Crippen LogP contribution in [0.25, 0.3) is 0 Å². The molecule has 2 aromatic heterocycles. The van der Waals surface area contributed by atoms with Gasteiger partial charge < -0.3 is 10.2 Å². The van der Waals surface area contributed by atoms with E-state index in [0.29, 0.717) is 22.8 Å². The van der Waals surface area contributed by atoms with Crippen molar-refractivity contribution in [2.45, 2.75) is 20.3 Å². The first kappa shape index (κ1) is 20.0. The molecule has 4 rings (SSSR count). The summed E-state index contributed by atoms with van der Waals surface area (Å²) in [5.74, 6) is 0. The van der Waals surface area contributed by atoms with E-state index in [1.165, 1.54) is 0 Å². The molecule has 2 heterocycles. The number of hydrogen-bond acceptors (Lipinski definition) is 6. The van der Waals surface area contributed by atoms with Crippen molar-refractivity contribution in [2.24, 2.45) is 20.5 Å². The molecule has 156 valence electrons. The first-order valence-electron chi connectivity index (χ1n) is 9.55. The number of azo groups is 2. The average Bonchev–Trinajstić information content (AvgIpc) is 3.27. The summed E-state index contributed by atoms with van der Waals surface area (Å²) in [4.78, 5) is 23.2. The minimum absolute atomic E-state index is 0.276. The van der Waals surface area contributed by atoms with Crippen LogP contribution < -0.4 is 11.1 Å². The molecule has 0 bridgehead atoms. The van der Waals surface area contributed by atoms with E-state index in [-0.39, 0.29) is 22.5 Å². The number of nitrogens with one attached hydrogen (secondary N) is 4. The van der Waals surface area contributed by atoms with E-state index in [1.807, 2.05) is 48.5 Å². The Hall–Kier alpha value is -4.34. The molecule has 4 N–H and O–H groups in total. The minimum Gasteiger partial charge on any atom is -0.300 e. The Bertz CT molecular complexity index is 1250. The maximum Gasteiger partial charge on any atom is 0.291 e. The molecule has 2 aromatic carbocycles. The molecule has 0 amide bonds. The van der Waals surface area contributed by atoms with E-state index in [0.717, 1.165) is 17.5 Å². The van der Waals surface area contributed by atoms with Gasteiger partial charge in [0.1, 0.15) is 0 Å². The van der Waals surface area contributed by atoms with Crippen LogP contribution in [-0.2, 0) is 6.42 Å². The van der Waals surface area contributed by atoms with Gasteiger partial charge in [0.25, 0.3) is 11.1 Å². The summed E-state index contributed by atoms with van der Waals surface area (Å²) in [5.41, 5.74) is 4.79. The fourth-order valence-electron chi connectivity index (χ4n) is 2.93. The van der Waals surface area contributed by atoms with Gasteiger partial charge in [-0.15, -0.1) is 10.2 Å². The number of aromatic amines is 4. The van der Waals surface area contributed by atoms with Crippen molar-refractivity contribution in [1.82, 2.24) is 20.4 Å². The Labute approximate surface area is 176 Å². The van der Waals surface area contributed by atoms with Crippen molar-refractivity contribution in [3.63, 3.8) is 0 Å². The zero-order valence-electron chi connectivity index (χ0n) is 16.9. The summed E-state index contributed by atoms with van der Waals surface area (Å²) >= 11 is 0. The largest absolute Gasteiger partial charge is 0.300 e. The van der Waals surface area contributed by atoms with Crippen molar-refractivity contribution in [3.05, 3.63) is 91.8 Å². The zero-order valence-corrected chi connectivity index (χ0v) is 16.9. The summed E-state index contributed by atoms with van der Waals surface area (Å²) in [6.07, 6.45) is 0.738. The van der Waals surface area contributed by atoms with E-state index in [9.17, 15) is 9.59 Å². The quantitative estimate of drug-likeness (QED) is 0.336. The zero-order chi connectivity index (χ0) is 21.8. The highest BCUT2D eigenvalue weighted by Crippen LogP contribution is 2.21. The second-order valence-corrected chi connectivity index (χ2v) is 7.02. The van der Waals surface area contributed by atoms with Crippen LogP contribution in [0.5, 0.6) is 0 Å². The van der Waals surface area contributed by atoms with Crippen molar-refractivity contribution in [1.29, 1.82) is 0 Å². The predicted octanol–water partition coefficient (Wildman–Crippen LogP) is 4.76. The van der Waals surface area contributed by atoms with Gasteiger partial charge in [-0.25, -0.2) is 0 Å². The number of nitrogens with zero attached hydrogens (tertiary/aromatic N) is 4. The van der Waals surface area contributed by atoms with E-state index < -0.39 is 0 Å². The number of rotatable bonds is 6. The van der Waals surface area contributed by atoms with Crippen LogP contribution in [0.15, 0.2) is 78.6 Å². The highest BCUT2D eigenvalue weighted by atomic mass is 16.1. The molecule has 0 saturated carbocycles. The second kappa shape index (κ2) is 8.57. The Balaban J connectivity index is 1.40. The van der Waals surface area contributed by atoms with E-state index in [4.69, 9.17) is 0 Å². The summed E-state index contributed by atoms with van der Waals surface area (Å²) in [7, 11) is 0. The normalized spacial score (nSPS) is 11.7. The van der Waals surface area contributed by atoms with Crippen LogP contribution in [-0.4, -0.2) is 20.4 Å². The van der Waals surface area contributed by atoms with Crippen LogP contribution in [0.3, 0.4) is 0 Å². The van der Waals surface area contributed by atoms with Gasteiger partial charge in [0.15, 0.2) is 11.4 Å². The van der Waals surface area contributed by atoms with Crippen molar-refractivity contribution >= 4 is 22.7 Å². The Kier molecular flexibility index (Phi) is 5.52. The molecule has 0 aliphatic carbocycles. The molecular formula is C21H20N8O2. The second-order valence-electron chi connectivity index (χ2n) is 7.02. The van der Waals surface area contributed by atoms with E-state index >= 15 is 0 Å². The molecule has 4 aromatic rings. The van der Waals surface area contributed by atoms with E-state index in [1.54, 1.807) is 13.8 Å². The van der Waals surface area contributed by atoms with Crippen LogP contribution in [0.1, 0.15) is 22.5 Å². The first-order valence-corrected chi connectivity index (χ1v) is 9.55. The van der Waals surface area contributed by atoms with Gasteiger partial charge in [-0.1, -0.05) is 24.3 Å². The molecule has 0 unspecified atom stereocenters. The van der Waals surface area contributed by atoms with Crippen LogP contribution in [0, 0.1) is 13.8 Å². The fourth-order valence-corrected chi connectivity index (χ4v) is 2.93. The summed E-state index contributed by atoms with van der Waals surface area (Å²) < 4.78 is 0. The molecular weight excluding hydrogens is 396 g/mol. The predicted molar refractivity (Wildman–Crippen MR) is 116 cm³/mol. The van der Waals surface area contributed by atoms with Crippen LogP contribution in [0.4, 0.5) is 22.7 Å². The first-order chi connectivity index (χ1) is 15.0. The third-order valence-corrected chi connectivity index (χ3v) is 4.68. The minimum atomic E-state index is -0.295. The summed E-state index contributed by atoms with van der Waals surface area (Å²) in [6, 6.07) is 15.3. The van der Waals surface area contributed by atoms with Crippen LogP contribution in [0.2, 0.25) is 0 Å². The number of H-pyrrole nitrogens is 4. The molecule has 0 radical (unpaired) electrons. The molecule has 31 heavy (non-hydrogen) atoms. The SMILES string of the molecule is Cc1[nH][nH]c(=O)c1N=Nc1ccc(Cc2ccc(N=Nc3c(C)[nH][nH]c3=O)cc2)cc1. The third-order valence-electron chi connectivity index (χ3n) is 4.68. The maximum atomic E-state index is 11.6. The fraction of sp³-hybridized carbons (Fsp3) is 0.143. The van der Waals surface area contributed by atoms with Gasteiger partial charge in [0, 0.05) is 0 Å². The van der Waals surface area contributed by atoms with Gasteiger partial charge in [-0.2, -0.15) is 10.2 Å². The number of aromatic nitrogens is 4. The molecule has 10 heteroatoms. The van der Waals surface area contributed by atoms with E-state index in [2.05, 4.69) is 40.9 Å². The number of aryl methyl sites for hydroxylation is 2. The number of hydrogen-bond donors (Lipinski definition) is 4.